The Balaban J connectivity index is 1.68. The number of piperazine rings is 1. The zero-order valence-electron chi connectivity index (χ0n) is 11.3. The highest BCUT2D eigenvalue weighted by Gasteiger charge is 2.15. The lowest BCUT2D eigenvalue weighted by Gasteiger charge is -2.26. The van der Waals surface area contributed by atoms with Crippen LogP contribution in [0.3, 0.4) is 0 Å². The number of hydrogen-bond donors (Lipinski definition) is 2. The monoisotopic (exact) mass is 270 g/mol. The first-order valence-electron chi connectivity index (χ1n) is 6.85. The Kier molecular flexibility index (Phi) is 3.52. The molecule has 5 heteroatoms. The minimum absolute atomic E-state index is 0.120. The predicted molar refractivity (Wildman–Crippen MR) is 79.3 cm³/mol. The highest BCUT2D eigenvalue weighted by molar-refractivity contribution is 5.80. The summed E-state index contributed by atoms with van der Waals surface area (Å²) in [7, 11) is 0. The molecule has 0 radical (unpaired) electrons. The molecule has 1 fully saturated rings. The average molecular weight is 270 g/mol. The number of nitrogen functional groups attached to an aromatic ring is 1. The van der Waals surface area contributed by atoms with Crippen LogP contribution < -0.4 is 11.1 Å². The molecule has 2 heterocycles. The van der Waals surface area contributed by atoms with Crippen LogP contribution in [0.5, 0.6) is 0 Å². The number of rotatable bonds is 3. The Morgan fingerprint density at radius 1 is 1.30 bits per heavy atom. The number of aromatic nitrogens is 1. The summed E-state index contributed by atoms with van der Waals surface area (Å²) in [5, 5.41) is 3.94. The van der Waals surface area contributed by atoms with Crippen molar-refractivity contribution in [1.82, 2.24) is 15.2 Å². The van der Waals surface area contributed by atoms with Crippen molar-refractivity contribution in [3.05, 3.63) is 35.9 Å². The van der Waals surface area contributed by atoms with Crippen molar-refractivity contribution in [2.75, 3.05) is 31.9 Å². The molecule has 1 aliphatic heterocycles. The second kappa shape index (κ2) is 5.46. The summed E-state index contributed by atoms with van der Waals surface area (Å²) in [6.45, 7) is 3.09. The number of pyridine rings is 1. The number of amides is 1. The fourth-order valence-electron chi connectivity index (χ4n) is 2.52. The number of carbonyl (C=O) groups is 1. The van der Waals surface area contributed by atoms with Crippen LogP contribution in [0.1, 0.15) is 5.56 Å². The second-order valence-electron chi connectivity index (χ2n) is 5.14. The van der Waals surface area contributed by atoms with E-state index < -0.39 is 0 Å². The Bertz CT molecular complexity index is 641. The van der Waals surface area contributed by atoms with Crippen molar-refractivity contribution < 1.29 is 4.79 Å². The third-order valence-corrected chi connectivity index (χ3v) is 3.61. The van der Waals surface area contributed by atoms with Crippen LogP contribution in [-0.2, 0) is 11.2 Å². The van der Waals surface area contributed by atoms with Crippen LogP contribution in [0, 0.1) is 0 Å². The van der Waals surface area contributed by atoms with Gasteiger partial charge in [-0.05, 0) is 36.2 Å². The van der Waals surface area contributed by atoms with E-state index in [1.807, 2.05) is 18.2 Å². The molecule has 2 aromatic rings. The molecular formula is C15H18N4O. The summed E-state index contributed by atoms with van der Waals surface area (Å²) in [5.74, 6) is 0.666. The van der Waals surface area contributed by atoms with Crippen LogP contribution in [0.4, 0.5) is 5.82 Å². The van der Waals surface area contributed by atoms with Gasteiger partial charge in [-0.1, -0.05) is 6.07 Å². The van der Waals surface area contributed by atoms with Crippen LogP contribution in [0.25, 0.3) is 10.9 Å². The SMILES string of the molecule is Nc1ccc2cc(CCN3CCNC(=O)C3)ccc2n1. The quantitative estimate of drug-likeness (QED) is 0.865. The highest BCUT2D eigenvalue weighted by Crippen LogP contribution is 2.16. The molecule has 0 aliphatic carbocycles. The van der Waals surface area contributed by atoms with E-state index in [0.717, 1.165) is 37.0 Å². The van der Waals surface area contributed by atoms with Gasteiger partial charge in [0.25, 0.3) is 0 Å². The normalized spacial score (nSPS) is 16.3. The first kappa shape index (κ1) is 12.9. The number of carbonyl (C=O) groups excluding carboxylic acids is 1. The fourth-order valence-corrected chi connectivity index (χ4v) is 2.52. The molecule has 1 amide bonds. The van der Waals surface area contributed by atoms with Crippen molar-refractivity contribution >= 4 is 22.6 Å². The number of nitrogens with two attached hydrogens (primary N) is 1. The topological polar surface area (TPSA) is 71.2 Å². The summed E-state index contributed by atoms with van der Waals surface area (Å²) in [4.78, 5) is 17.8. The van der Waals surface area contributed by atoms with Crippen LogP contribution >= 0.6 is 0 Å². The van der Waals surface area contributed by atoms with Gasteiger partial charge < -0.3 is 11.1 Å². The number of benzene rings is 1. The van der Waals surface area contributed by atoms with E-state index in [2.05, 4.69) is 27.3 Å². The number of nitrogens with zero attached hydrogens (tertiary/aromatic N) is 2. The predicted octanol–water partition coefficient (Wildman–Crippen LogP) is 0.791. The zero-order valence-corrected chi connectivity index (χ0v) is 11.3. The van der Waals surface area contributed by atoms with Gasteiger partial charge >= 0.3 is 0 Å². The average Bonchev–Trinajstić information content (AvgIpc) is 2.45. The molecule has 3 rings (SSSR count). The standard InChI is InChI=1S/C15H18N4O/c16-14-4-2-12-9-11(1-3-13(12)18-14)5-7-19-8-6-17-15(20)10-19/h1-4,9H,5-8,10H2,(H2,16,18)(H,17,20). The molecule has 20 heavy (non-hydrogen) atoms. The van der Waals surface area contributed by atoms with Gasteiger partial charge in [0.05, 0.1) is 12.1 Å². The van der Waals surface area contributed by atoms with Crippen molar-refractivity contribution in [1.29, 1.82) is 0 Å². The highest BCUT2D eigenvalue weighted by atomic mass is 16.2. The van der Waals surface area contributed by atoms with E-state index in [-0.39, 0.29) is 5.91 Å². The van der Waals surface area contributed by atoms with Gasteiger partial charge in [0.2, 0.25) is 5.91 Å². The fraction of sp³-hybridized carbons (Fsp3) is 0.333. The molecule has 5 nitrogen and oxygen atoms in total. The molecule has 1 aromatic carbocycles. The summed E-state index contributed by atoms with van der Waals surface area (Å²) in [6.07, 6.45) is 0.938. The van der Waals surface area contributed by atoms with Gasteiger partial charge in [-0.25, -0.2) is 4.98 Å². The van der Waals surface area contributed by atoms with Gasteiger partial charge in [-0.15, -0.1) is 0 Å². The van der Waals surface area contributed by atoms with Gasteiger partial charge in [-0.3, -0.25) is 9.69 Å². The summed E-state index contributed by atoms with van der Waals surface area (Å²) >= 11 is 0. The lowest BCUT2D eigenvalue weighted by molar-refractivity contribution is -0.124. The van der Waals surface area contributed by atoms with E-state index in [4.69, 9.17) is 5.73 Å². The van der Waals surface area contributed by atoms with Crippen LogP contribution in [0.2, 0.25) is 0 Å². The van der Waals surface area contributed by atoms with Crippen molar-refractivity contribution in [3.63, 3.8) is 0 Å². The maximum atomic E-state index is 11.3. The molecule has 3 N–H and O–H groups in total. The Hall–Kier alpha value is -2.14. The van der Waals surface area contributed by atoms with Gasteiger partial charge in [0.1, 0.15) is 5.82 Å². The number of anilines is 1. The summed E-state index contributed by atoms with van der Waals surface area (Å²) in [5.41, 5.74) is 7.86. The van der Waals surface area contributed by atoms with E-state index >= 15 is 0 Å². The molecule has 0 unspecified atom stereocenters. The smallest absolute Gasteiger partial charge is 0.234 e. The molecule has 0 atom stereocenters. The molecular weight excluding hydrogens is 252 g/mol. The molecule has 1 aromatic heterocycles. The number of nitrogens with one attached hydrogen (secondary N) is 1. The Morgan fingerprint density at radius 2 is 2.20 bits per heavy atom. The van der Waals surface area contributed by atoms with E-state index in [1.165, 1.54) is 5.56 Å². The largest absolute Gasteiger partial charge is 0.384 e. The third kappa shape index (κ3) is 2.88. The van der Waals surface area contributed by atoms with Crippen molar-refractivity contribution in [3.8, 4) is 0 Å². The van der Waals surface area contributed by atoms with E-state index in [1.54, 1.807) is 0 Å². The lowest BCUT2D eigenvalue weighted by atomic mass is 10.1. The van der Waals surface area contributed by atoms with E-state index in [0.29, 0.717) is 12.4 Å². The summed E-state index contributed by atoms with van der Waals surface area (Å²) in [6, 6.07) is 10.0. The number of fused-ring (bicyclic) bond motifs is 1. The first-order valence-corrected chi connectivity index (χ1v) is 6.85. The molecule has 1 saturated heterocycles. The van der Waals surface area contributed by atoms with Gasteiger partial charge in [0.15, 0.2) is 0 Å². The van der Waals surface area contributed by atoms with Crippen molar-refractivity contribution in [2.45, 2.75) is 6.42 Å². The molecule has 0 saturated carbocycles. The zero-order chi connectivity index (χ0) is 13.9. The lowest BCUT2D eigenvalue weighted by Crippen LogP contribution is -2.48. The molecule has 0 bridgehead atoms. The van der Waals surface area contributed by atoms with Crippen molar-refractivity contribution in [2.24, 2.45) is 0 Å². The van der Waals surface area contributed by atoms with Gasteiger partial charge in [-0.2, -0.15) is 0 Å². The molecule has 1 aliphatic rings. The summed E-state index contributed by atoms with van der Waals surface area (Å²) < 4.78 is 0. The minimum atomic E-state index is 0.120. The molecule has 0 spiro atoms. The maximum absolute atomic E-state index is 11.3. The van der Waals surface area contributed by atoms with Gasteiger partial charge in [0, 0.05) is 25.0 Å². The number of hydrogen-bond acceptors (Lipinski definition) is 4. The minimum Gasteiger partial charge on any atom is -0.384 e. The Labute approximate surface area is 117 Å². The molecule has 104 valence electrons. The Morgan fingerprint density at radius 3 is 3.05 bits per heavy atom. The van der Waals surface area contributed by atoms with E-state index in [9.17, 15) is 4.79 Å². The second-order valence-corrected chi connectivity index (χ2v) is 5.14. The van der Waals surface area contributed by atoms with Crippen LogP contribution in [0.15, 0.2) is 30.3 Å². The first-order chi connectivity index (χ1) is 9.70. The van der Waals surface area contributed by atoms with Crippen LogP contribution in [-0.4, -0.2) is 42.0 Å². The third-order valence-electron chi connectivity index (χ3n) is 3.61. The maximum Gasteiger partial charge on any atom is 0.234 e.